The second-order valence-corrected chi connectivity index (χ2v) is 8.54. The quantitative estimate of drug-likeness (QED) is 0.488. The average molecular weight is 430 g/mol. The van der Waals surface area contributed by atoms with E-state index in [-0.39, 0.29) is 6.04 Å². The smallest absolute Gasteiger partial charge is 0.0758 e. The van der Waals surface area contributed by atoms with E-state index < -0.39 is 0 Å². The first-order valence-electron chi connectivity index (χ1n) is 6.41. The lowest BCUT2D eigenvalue weighted by atomic mass is 10.0. The number of nitrogens with two attached hydrogens (primary N) is 1. The van der Waals surface area contributed by atoms with E-state index in [0.717, 1.165) is 30.8 Å². The van der Waals surface area contributed by atoms with Gasteiger partial charge in [0.1, 0.15) is 0 Å². The second-order valence-electron chi connectivity index (χ2n) is 4.79. The van der Waals surface area contributed by atoms with Gasteiger partial charge in [-0.2, -0.15) is 5.10 Å². The highest BCUT2D eigenvalue weighted by Crippen LogP contribution is 2.36. The van der Waals surface area contributed by atoms with E-state index in [9.17, 15) is 0 Å². The van der Waals surface area contributed by atoms with Crippen LogP contribution < -0.4 is 11.3 Å². The molecule has 0 aliphatic heterocycles. The molecule has 0 saturated heterocycles. The molecule has 0 spiro atoms. The minimum Gasteiger partial charge on any atom is -0.271 e. The molecule has 0 radical (unpaired) electrons. The molecule has 0 bridgehead atoms. The summed E-state index contributed by atoms with van der Waals surface area (Å²) in [5.74, 6) is 5.77. The highest BCUT2D eigenvalue weighted by molar-refractivity contribution is 9.12. The van der Waals surface area contributed by atoms with Crippen molar-refractivity contribution in [3.63, 3.8) is 0 Å². The molecule has 2 aromatic heterocycles. The van der Waals surface area contributed by atoms with Gasteiger partial charge in [-0.3, -0.25) is 16.0 Å². The lowest BCUT2D eigenvalue weighted by Gasteiger charge is -2.14. The molecule has 7 heteroatoms. The maximum Gasteiger partial charge on any atom is 0.0758 e. The summed E-state index contributed by atoms with van der Waals surface area (Å²) in [6, 6.07) is 10.3. The van der Waals surface area contributed by atoms with E-state index in [1.807, 2.05) is 23.9 Å². The number of rotatable bonds is 4. The van der Waals surface area contributed by atoms with Gasteiger partial charge in [-0.05, 0) is 49.6 Å². The molecule has 2 heterocycles. The van der Waals surface area contributed by atoms with Crippen LogP contribution in [0.15, 0.2) is 37.9 Å². The summed E-state index contributed by atoms with van der Waals surface area (Å²) in [6.07, 6.45) is 0.736. The molecule has 0 fully saturated rings. The average Bonchev–Trinajstić information content (AvgIpc) is 2.97. The molecule has 0 aliphatic carbocycles. The fourth-order valence-corrected chi connectivity index (χ4v) is 5.46. The first-order valence-corrected chi connectivity index (χ1v) is 8.82. The molecule has 4 nitrogen and oxygen atoms in total. The molecule has 3 N–H and O–H groups in total. The summed E-state index contributed by atoms with van der Waals surface area (Å²) in [4.78, 5) is 0. The normalized spacial score (nSPS) is 13.0. The Bertz CT molecular complexity index is 780. The zero-order valence-electron chi connectivity index (χ0n) is 11.3. The predicted molar refractivity (Wildman–Crippen MR) is 94.2 cm³/mol. The third-order valence-electron chi connectivity index (χ3n) is 3.49. The number of hydrogen-bond acceptors (Lipinski definition) is 4. The van der Waals surface area contributed by atoms with Crippen LogP contribution >= 0.6 is 43.2 Å². The van der Waals surface area contributed by atoms with Gasteiger partial charge < -0.3 is 0 Å². The van der Waals surface area contributed by atoms with Crippen molar-refractivity contribution in [1.29, 1.82) is 0 Å². The minimum atomic E-state index is 0.0141. The number of nitrogens with one attached hydrogen (secondary N) is 1. The van der Waals surface area contributed by atoms with Gasteiger partial charge in [0, 0.05) is 18.9 Å². The van der Waals surface area contributed by atoms with Crippen LogP contribution in [0, 0.1) is 0 Å². The maximum absolute atomic E-state index is 5.77. The summed E-state index contributed by atoms with van der Waals surface area (Å²) in [6.45, 7) is 0. The Labute approximate surface area is 143 Å². The van der Waals surface area contributed by atoms with Gasteiger partial charge in [-0.15, -0.1) is 11.3 Å². The molecule has 1 unspecified atom stereocenters. The van der Waals surface area contributed by atoms with Crippen LogP contribution in [-0.4, -0.2) is 9.78 Å². The third kappa shape index (κ3) is 2.93. The summed E-state index contributed by atoms with van der Waals surface area (Å²) in [7, 11) is 1.97. The van der Waals surface area contributed by atoms with Crippen LogP contribution in [0.25, 0.3) is 10.9 Å². The molecule has 0 saturated carbocycles. The summed E-state index contributed by atoms with van der Waals surface area (Å²) in [5.41, 5.74) is 6.22. The van der Waals surface area contributed by atoms with Crippen molar-refractivity contribution in [1.82, 2.24) is 15.2 Å². The minimum absolute atomic E-state index is 0.0141. The number of fused-ring (bicyclic) bond motifs is 1. The summed E-state index contributed by atoms with van der Waals surface area (Å²) < 4.78 is 4.07. The number of nitrogens with zero attached hydrogens (tertiary/aromatic N) is 2. The highest BCUT2D eigenvalue weighted by atomic mass is 79.9. The summed E-state index contributed by atoms with van der Waals surface area (Å²) >= 11 is 8.75. The van der Waals surface area contributed by atoms with Gasteiger partial charge in [-0.25, -0.2) is 0 Å². The van der Waals surface area contributed by atoms with Gasteiger partial charge in [0.05, 0.1) is 24.8 Å². The van der Waals surface area contributed by atoms with E-state index >= 15 is 0 Å². The molecule has 110 valence electrons. The highest BCUT2D eigenvalue weighted by Gasteiger charge is 2.19. The molecule has 0 aliphatic rings. The first-order chi connectivity index (χ1) is 10.1. The second kappa shape index (κ2) is 6.18. The van der Waals surface area contributed by atoms with Gasteiger partial charge in [0.15, 0.2) is 0 Å². The monoisotopic (exact) mass is 428 g/mol. The van der Waals surface area contributed by atoms with Crippen LogP contribution in [-0.2, 0) is 13.5 Å². The number of benzene rings is 1. The van der Waals surface area contributed by atoms with Crippen molar-refractivity contribution >= 4 is 54.1 Å². The Morgan fingerprint density at radius 2 is 2.14 bits per heavy atom. The Morgan fingerprint density at radius 1 is 1.38 bits per heavy atom. The Hall–Kier alpha value is -0.730. The van der Waals surface area contributed by atoms with E-state index in [4.69, 9.17) is 5.84 Å². The fraction of sp³-hybridized carbons (Fsp3) is 0.214. The largest absolute Gasteiger partial charge is 0.271 e. The van der Waals surface area contributed by atoms with E-state index in [0.29, 0.717) is 0 Å². The van der Waals surface area contributed by atoms with Crippen LogP contribution in [0.5, 0.6) is 0 Å². The number of hydrazine groups is 1. The Balaban J connectivity index is 1.98. The van der Waals surface area contributed by atoms with Crippen molar-refractivity contribution in [3.8, 4) is 0 Å². The fourth-order valence-electron chi connectivity index (χ4n) is 2.48. The molecule has 1 aromatic carbocycles. The number of hydrogen-bond donors (Lipinski definition) is 2. The summed E-state index contributed by atoms with van der Waals surface area (Å²) in [5, 5.41) is 5.81. The number of halogens is 2. The zero-order valence-corrected chi connectivity index (χ0v) is 15.3. The van der Waals surface area contributed by atoms with E-state index in [2.05, 4.69) is 60.6 Å². The van der Waals surface area contributed by atoms with Gasteiger partial charge >= 0.3 is 0 Å². The third-order valence-corrected chi connectivity index (χ3v) is 5.88. The van der Waals surface area contributed by atoms with Gasteiger partial charge in [0.2, 0.25) is 0 Å². The molecular formula is C14H14Br2N4S. The van der Waals surface area contributed by atoms with Crippen molar-refractivity contribution < 1.29 is 0 Å². The first kappa shape index (κ1) is 15.2. The standard InChI is InChI=1S/C14H14Br2N4S/c1-20-12-5-3-2-4-8(12)11(19-20)7-10(18-17)9-6-13(15)21-14(9)16/h2-6,10,18H,7,17H2,1H3. The van der Waals surface area contributed by atoms with Crippen LogP contribution in [0.1, 0.15) is 17.3 Å². The topological polar surface area (TPSA) is 55.9 Å². The molecule has 0 amide bonds. The van der Waals surface area contributed by atoms with Crippen molar-refractivity contribution in [2.24, 2.45) is 12.9 Å². The number of aryl methyl sites for hydroxylation is 1. The van der Waals surface area contributed by atoms with Crippen LogP contribution in [0.4, 0.5) is 0 Å². The van der Waals surface area contributed by atoms with Gasteiger partial charge in [0.25, 0.3) is 0 Å². The zero-order chi connectivity index (χ0) is 15.0. The lowest BCUT2D eigenvalue weighted by molar-refractivity contribution is 0.543. The molecular weight excluding hydrogens is 416 g/mol. The number of para-hydroxylation sites is 1. The lowest BCUT2D eigenvalue weighted by Crippen LogP contribution is -2.29. The molecule has 21 heavy (non-hydrogen) atoms. The van der Waals surface area contributed by atoms with Crippen molar-refractivity contribution in [3.05, 3.63) is 49.2 Å². The molecule has 1 atom stereocenters. The maximum atomic E-state index is 5.77. The van der Waals surface area contributed by atoms with E-state index in [1.165, 1.54) is 5.39 Å². The SMILES string of the molecule is Cn1nc(CC(NN)c2cc(Br)sc2Br)c2ccccc21. The Morgan fingerprint density at radius 3 is 2.81 bits per heavy atom. The number of thiophene rings is 1. The number of aromatic nitrogens is 2. The van der Waals surface area contributed by atoms with Gasteiger partial charge in [-0.1, -0.05) is 18.2 Å². The van der Waals surface area contributed by atoms with Crippen molar-refractivity contribution in [2.75, 3.05) is 0 Å². The molecule has 3 rings (SSSR count). The van der Waals surface area contributed by atoms with E-state index in [1.54, 1.807) is 11.3 Å². The predicted octanol–water partition coefficient (Wildman–Crippen LogP) is 3.91. The van der Waals surface area contributed by atoms with Crippen LogP contribution in [0.2, 0.25) is 0 Å². The van der Waals surface area contributed by atoms with Crippen molar-refractivity contribution in [2.45, 2.75) is 12.5 Å². The molecule has 3 aromatic rings. The Kier molecular flexibility index (Phi) is 4.46. The van der Waals surface area contributed by atoms with Crippen LogP contribution in [0.3, 0.4) is 0 Å².